The van der Waals surface area contributed by atoms with Gasteiger partial charge in [-0.15, -0.1) is 0 Å². The second-order valence-electron chi connectivity index (χ2n) is 10.8. The summed E-state index contributed by atoms with van der Waals surface area (Å²) in [5.41, 5.74) is 2.89. The third-order valence-corrected chi connectivity index (χ3v) is 8.57. The second kappa shape index (κ2) is 10.4. The minimum absolute atomic E-state index is 0.0399. The van der Waals surface area contributed by atoms with E-state index in [9.17, 15) is 34.3 Å². The number of benzene rings is 2. The maximum atomic E-state index is 14.0. The molecule has 9 nitrogen and oxygen atoms in total. The number of aliphatic hydroxyl groups excluding tert-OH is 1. The molecule has 3 aliphatic carbocycles. The molecule has 0 saturated carbocycles. The van der Waals surface area contributed by atoms with E-state index in [0.29, 0.717) is 28.0 Å². The van der Waals surface area contributed by atoms with Crippen molar-refractivity contribution in [1.29, 1.82) is 0 Å². The average molecular weight is 553 g/mol. The number of carbonyl (C=O) groups is 4. The lowest BCUT2D eigenvalue weighted by Crippen LogP contribution is -2.40. The van der Waals surface area contributed by atoms with Gasteiger partial charge in [-0.3, -0.25) is 24.1 Å². The Hall–Kier alpha value is -4.12. The quantitative estimate of drug-likeness (QED) is 0.211. The van der Waals surface area contributed by atoms with Gasteiger partial charge in [0, 0.05) is 28.2 Å². The molecular weight excluding hydrogens is 525 g/mol. The minimum Gasteiger partial charge on any atom is -0.491 e. The summed E-state index contributed by atoms with van der Waals surface area (Å²) in [6.45, 7) is 1.45. The second-order valence-corrected chi connectivity index (χ2v) is 10.8. The molecule has 10 heteroatoms. The Bertz CT molecular complexity index is 1590. The number of amides is 2. The molecular formula is C31H28BNO8. The molecule has 41 heavy (non-hydrogen) atoms. The van der Waals surface area contributed by atoms with Gasteiger partial charge in [-0.2, -0.15) is 0 Å². The van der Waals surface area contributed by atoms with Gasteiger partial charge in [0.25, 0.3) is 0 Å². The summed E-state index contributed by atoms with van der Waals surface area (Å²) in [6.07, 6.45) is 3.68. The number of ether oxygens (including phenoxy) is 1. The lowest BCUT2D eigenvalue weighted by Gasteiger charge is -2.42. The first-order valence-electron chi connectivity index (χ1n) is 13.6. The molecule has 0 bridgehead atoms. The topological polar surface area (TPSA) is 141 Å². The first-order chi connectivity index (χ1) is 19.7. The lowest BCUT2D eigenvalue weighted by atomic mass is 9.59. The van der Waals surface area contributed by atoms with Gasteiger partial charge in [-0.25, -0.2) is 0 Å². The van der Waals surface area contributed by atoms with E-state index in [-0.39, 0.29) is 54.7 Å². The van der Waals surface area contributed by atoms with Gasteiger partial charge in [-0.1, -0.05) is 42.0 Å². The molecule has 4 atom stereocenters. The normalized spacial score (nSPS) is 25.4. The van der Waals surface area contributed by atoms with Crippen LogP contribution in [0.1, 0.15) is 31.2 Å². The van der Waals surface area contributed by atoms with Crippen LogP contribution in [0.25, 0.3) is 0 Å². The van der Waals surface area contributed by atoms with Crippen LogP contribution in [-0.2, 0) is 19.2 Å². The van der Waals surface area contributed by atoms with E-state index in [1.54, 1.807) is 31.2 Å². The molecule has 4 unspecified atom stereocenters. The summed E-state index contributed by atoms with van der Waals surface area (Å²) in [7, 11) is -1.76. The van der Waals surface area contributed by atoms with E-state index in [0.717, 1.165) is 10.5 Å². The van der Waals surface area contributed by atoms with E-state index >= 15 is 0 Å². The number of fused-ring (bicyclic) bond motifs is 3. The van der Waals surface area contributed by atoms with Crippen molar-refractivity contribution < 1.29 is 39.1 Å². The third kappa shape index (κ3) is 4.30. The fourth-order valence-corrected chi connectivity index (χ4v) is 6.80. The van der Waals surface area contributed by atoms with Gasteiger partial charge in [0.2, 0.25) is 11.8 Å². The summed E-state index contributed by atoms with van der Waals surface area (Å²) in [6, 6.07) is 13.2. The van der Waals surface area contributed by atoms with Gasteiger partial charge >= 0.3 is 7.12 Å². The number of hydrogen-bond donors (Lipinski definition) is 3. The Kier molecular flexibility index (Phi) is 6.85. The summed E-state index contributed by atoms with van der Waals surface area (Å²) >= 11 is 0. The highest BCUT2D eigenvalue weighted by molar-refractivity contribution is 6.58. The van der Waals surface area contributed by atoms with Crippen LogP contribution in [0.5, 0.6) is 5.75 Å². The number of nitrogens with zero attached hydrogens (tertiary/aromatic N) is 1. The van der Waals surface area contributed by atoms with Crippen molar-refractivity contribution in [2.45, 2.75) is 25.7 Å². The van der Waals surface area contributed by atoms with Crippen LogP contribution in [0.4, 0.5) is 5.69 Å². The largest absolute Gasteiger partial charge is 0.491 e. The smallest absolute Gasteiger partial charge is 0.488 e. The van der Waals surface area contributed by atoms with Crippen molar-refractivity contribution >= 4 is 41.6 Å². The molecule has 0 aromatic heterocycles. The molecule has 2 aromatic carbocycles. The molecule has 0 radical (unpaired) electrons. The maximum Gasteiger partial charge on any atom is 0.488 e. The Morgan fingerprint density at radius 2 is 1.78 bits per heavy atom. The van der Waals surface area contributed by atoms with Crippen LogP contribution < -0.4 is 15.1 Å². The Balaban J connectivity index is 1.47. The highest BCUT2D eigenvalue weighted by Crippen LogP contribution is 2.56. The molecule has 208 valence electrons. The number of rotatable bonds is 6. The molecule has 6 rings (SSSR count). The number of carbonyl (C=O) groups excluding carboxylic acids is 4. The van der Waals surface area contributed by atoms with Gasteiger partial charge in [0.05, 0.1) is 24.1 Å². The molecule has 4 aliphatic rings. The monoisotopic (exact) mass is 553 g/mol. The Labute approximate surface area is 236 Å². The third-order valence-electron chi connectivity index (χ3n) is 8.57. The predicted molar refractivity (Wildman–Crippen MR) is 149 cm³/mol. The average Bonchev–Trinajstić information content (AvgIpc) is 3.23. The van der Waals surface area contributed by atoms with Crippen LogP contribution in [0.2, 0.25) is 0 Å². The standard InChI is InChI=1S/C31H28BNO8/c1-16-13-24(35)23-15-22-19(26(28(23)29(16)36)20-7-2-3-8-25(20)41-12-11-34)9-10-21-27(22)31(38)33(30(21)37)18-6-4-5-17(14-18)32(39)40/h2-9,13-14,21-22,26-27,34,39-40H,10-12,15H2,1H3. The van der Waals surface area contributed by atoms with Crippen molar-refractivity contribution in [1.82, 2.24) is 0 Å². The number of imide groups is 1. The van der Waals surface area contributed by atoms with Crippen LogP contribution >= 0.6 is 0 Å². The molecule has 3 N–H and O–H groups in total. The Morgan fingerprint density at radius 3 is 2.54 bits per heavy atom. The van der Waals surface area contributed by atoms with Gasteiger partial charge in [0.15, 0.2) is 11.6 Å². The molecule has 1 aliphatic heterocycles. The number of para-hydroxylation sites is 1. The van der Waals surface area contributed by atoms with E-state index in [1.165, 1.54) is 18.2 Å². The van der Waals surface area contributed by atoms with Crippen molar-refractivity contribution in [2.24, 2.45) is 17.8 Å². The zero-order valence-electron chi connectivity index (χ0n) is 22.3. The summed E-state index contributed by atoms with van der Waals surface area (Å²) in [5, 5.41) is 28.7. The molecule has 2 amide bonds. The summed E-state index contributed by atoms with van der Waals surface area (Å²) in [4.78, 5) is 55.7. The van der Waals surface area contributed by atoms with Crippen LogP contribution in [-0.4, -0.2) is 58.9 Å². The van der Waals surface area contributed by atoms with Crippen LogP contribution in [0, 0.1) is 17.8 Å². The molecule has 1 fully saturated rings. The fraction of sp³-hybridized carbons (Fsp3) is 0.290. The molecule has 1 heterocycles. The fourth-order valence-electron chi connectivity index (χ4n) is 6.80. The van der Waals surface area contributed by atoms with E-state index in [1.807, 2.05) is 18.2 Å². The van der Waals surface area contributed by atoms with Gasteiger partial charge in [-0.05, 0) is 55.4 Å². The van der Waals surface area contributed by atoms with Crippen molar-refractivity contribution in [3.63, 3.8) is 0 Å². The molecule has 0 spiro atoms. The number of allylic oxidation sites excluding steroid dienone is 6. The number of ketones is 2. The van der Waals surface area contributed by atoms with Gasteiger partial charge in [0.1, 0.15) is 12.4 Å². The highest BCUT2D eigenvalue weighted by Gasteiger charge is 2.56. The van der Waals surface area contributed by atoms with Crippen molar-refractivity contribution in [2.75, 3.05) is 18.1 Å². The van der Waals surface area contributed by atoms with Crippen molar-refractivity contribution in [3.05, 3.63) is 88.5 Å². The Morgan fingerprint density at radius 1 is 1.00 bits per heavy atom. The number of aliphatic hydroxyl groups is 1. The summed E-state index contributed by atoms with van der Waals surface area (Å²) < 4.78 is 5.84. The number of Topliss-reactive ketones (excluding diaryl/α,β-unsaturated/α-hetero) is 1. The van der Waals surface area contributed by atoms with E-state index < -0.39 is 36.7 Å². The SMILES string of the molecule is CC1=CC(=O)C2=C(C1=O)C(c1ccccc1OCCO)C1=CCC3C(=O)N(c4cccc(B(O)O)c4)C(=O)C3C1C2. The first-order valence-corrected chi connectivity index (χ1v) is 13.6. The zero-order valence-corrected chi connectivity index (χ0v) is 22.3. The summed E-state index contributed by atoms with van der Waals surface area (Å²) in [5.74, 6) is -3.46. The van der Waals surface area contributed by atoms with E-state index in [4.69, 9.17) is 4.74 Å². The zero-order chi connectivity index (χ0) is 29.0. The predicted octanol–water partition coefficient (Wildman–Crippen LogP) is 1.37. The lowest BCUT2D eigenvalue weighted by molar-refractivity contribution is -0.123. The molecule has 2 aromatic rings. The van der Waals surface area contributed by atoms with Crippen molar-refractivity contribution in [3.8, 4) is 5.75 Å². The van der Waals surface area contributed by atoms with Crippen LogP contribution in [0.15, 0.2) is 83.0 Å². The van der Waals surface area contributed by atoms with Gasteiger partial charge < -0.3 is 19.9 Å². The first kappa shape index (κ1) is 27.1. The maximum absolute atomic E-state index is 14.0. The number of hydrogen-bond acceptors (Lipinski definition) is 8. The highest BCUT2D eigenvalue weighted by atomic mass is 16.5. The molecule has 1 saturated heterocycles. The van der Waals surface area contributed by atoms with E-state index in [2.05, 4.69) is 0 Å². The number of anilines is 1. The minimum atomic E-state index is -1.76. The van der Waals surface area contributed by atoms with Crippen LogP contribution in [0.3, 0.4) is 0 Å².